The highest BCUT2D eigenvalue weighted by Crippen LogP contribution is 2.39. The fourth-order valence-corrected chi connectivity index (χ4v) is 3.08. The number of anilines is 2. The van der Waals surface area contributed by atoms with Gasteiger partial charge in [0.2, 0.25) is 0 Å². The van der Waals surface area contributed by atoms with Gasteiger partial charge in [-0.15, -0.1) is 0 Å². The Labute approximate surface area is 102 Å². The summed E-state index contributed by atoms with van der Waals surface area (Å²) in [6, 6.07) is 2.61. The van der Waals surface area contributed by atoms with Gasteiger partial charge in [0, 0.05) is 24.6 Å². The average Bonchev–Trinajstić information content (AvgIpc) is 2.89. The van der Waals surface area contributed by atoms with Gasteiger partial charge >= 0.3 is 0 Å². The molecule has 1 saturated carbocycles. The predicted octanol–water partition coefficient (Wildman–Crippen LogP) is 2.17. The Balaban J connectivity index is 1.92. The number of hydrogen-bond donors (Lipinski definition) is 1. The molecule has 0 aromatic carbocycles. The second-order valence-corrected chi connectivity index (χ2v) is 5.65. The van der Waals surface area contributed by atoms with Gasteiger partial charge in [0.25, 0.3) is 0 Å². The van der Waals surface area contributed by atoms with Crippen LogP contribution in [0.25, 0.3) is 0 Å². The van der Waals surface area contributed by atoms with Crippen molar-refractivity contribution in [2.75, 3.05) is 17.2 Å². The quantitative estimate of drug-likeness (QED) is 0.849. The number of hydrogen-bond acceptors (Lipinski definition) is 4. The van der Waals surface area contributed by atoms with E-state index in [0.29, 0.717) is 17.8 Å². The first-order valence-corrected chi connectivity index (χ1v) is 6.54. The number of nitrogen functional groups attached to an aromatic ring is 1. The molecule has 1 saturated heterocycles. The average molecular weight is 232 g/mol. The summed E-state index contributed by atoms with van der Waals surface area (Å²) >= 11 is 0. The van der Waals surface area contributed by atoms with Gasteiger partial charge in [0.15, 0.2) is 0 Å². The molecule has 3 rings (SSSR count). The highest BCUT2D eigenvalue weighted by molar-refractivity contribution is 5.49. The fourth-order valence-electron chi connectivity index (χ4n) is 3.08. The molecule has 1 aliphatic carbocycles. The van der Waals surface area contributed by atoms with Crippen molar-refractivity contribution in [1.29, 1.82) is 0 Å². The zero-order valence-electron chi connectivity index (χ0n) is 10.6. The molecule has 0 spiro atoms. The Morgan fingerprint density at radius 2 is 2.18 bits per heavy atom. The molecule has 2 fully saturated rings. The van der Waals surface area contributed by atoms with Crippen LogP contribution in [-0.4, -0.2) is 22.6 Å². The second-order valence-electron chi connectivity index (χ2n) is 5.65. The summed E-state index contributed by atoms with van der Waals surface area (Å²) in [6.07, 6.45) is 4.03. The van der Waals surface area contributed by atoms with Crippen molar-refractivity contribution in [2.24, 2.45) is 5.92 Å². The van der Waals surface area contributed by atoms with Crippen molar-refractivity contribution in [2.45, 2.75) is 45.1 Å². The molecule has 92 valence electrons. The molecule has 2 N–H and O–H groups in total. The highest BCUT2D eigenvalue weighted by atomic mass is 15.3. The summed E-state index contributed by atoms with van der Waals surface area (Å²) in [5.41, 5.74) is 5.89. The number of nitrogens with zero attached hydrogens (tertiary/aromatic N) is 3. The lowest BCUT2D eigenvalue weighted by atomic mass is 10.1. The van der Waals surface area contributed by atoms with Gasteiger partial charge in [-0.2, -0.15) is 0 Å². The molecule has 2 atom stereocenters. The van der Waals surface area contributed by atoms with E-state index in [9.17, 15) is 0 Å². The standard InChI is InChI=1S/C13H20N4/c1-8(2)13-15-11(14)6-12(16-13)17-7-9-3-4-10(17)5-9/h6,8-10H,3-5,7H2,1-2H3,(H2,14,15,16). The van der Waals surface area contributed by atoms with E-state index in [4.69, 9.17) is 5.73 Å². The van der Waals surface area contributed by atoms with Gasteiger partial charge in [-0.3, -0.25) is 0 Å². The molecule has 2 aliphatic rings. The molecule has 2 bridgehead atoms. The smallest absolute Gasteiger partial charge is 0.135 e. The molecule has 0 radical (unpaired) electrons. The SMILES string of the molecule is CC(C)c1nc(N)cc(N2CC3CCC2C3)n1. The van der Waals surface area contributed by atoms with E-state index in [2.05, 4.69) is 28.7 Å². The van der Waals surface area contributed by atoms with Crippen LogP contribution in [0.4, 0.5) is 11.6 Å². The molecule has 4 nitrogen and oxygen atoms in total. The van der Waals surface area contributed by atoms with E-state index >= 15 is 0 Å². The molecular formula is C13H20N4. The Kier molecular flexibility index (Phi) is 2.45. The summed E-state index contributed by atoms with van der Waals surface area (Å²) < 4.78 is 0. The summed E-state index contributed by atoms with van der Waals surface area (Å²) in [7, 11) is 0. The topological polar surface area (TPSA) is 55.0 Å². The van der Waals surface area contributed by atoms with Crippen LogP contribution in [0.1, 0.15) is 44.9 Å². The molecular weight excluding hydrogens is 212 g/mol. The summed E-state index contributed by atoms with van der Waals surface area (Å²) in [6.45, 7) is 5.36. The van der Waals surface area contributed by atoms with E-state index < -0.39 is 0 Å². The minimum Gasteiger partial charge on any atom is -0.384 e. The normalized spacial score (nSPS) is 27.1. The Morgan fingerprint density at radius 3 is 2.76 bits per heavy atom. The van der Waals surface area contributed by atoms with Crippen LogP contribution in [0.15, 0.2) is 6.07 Å². The van der Waals surface area contributed by atoms with Gasteiger partial charge in [0.1, 0.15) is 17.5 Å². The lowest BCUT2D eigenvalue weighted by Gasteiger charge is -2.28. The summed E-state index contributed by atoms with van der Waals surface area (Å²) in [5.74, 6) is 3.70. The molecule has 2 unspecified atom stereocenters. The summed E-state index contributed by atoms with van der Waals surface area (Å²) in [5, 5.41) is 0. The highest BCUT2D eigenvalue weighted by Gasteiger charge is 2.38. The third kappa shape index (κ3) is 1.85. The van der Waals surface area contributed by atoms with Crippen molar-refractivity contribution < 1.29 is 0 Å². The molecule has 17 heavy (non-hydrogen) atoms. The van der Waals surface area contributed by atoms with Crippen LogP contribution < -0.4 is 10.6 Å². The minimum absolute atomic E-state index is 0.331. The van der Waals surface area contributed by atoms with Crippen LogP contribution in [0.5, 0.6) is 0 Å². The molecule has 2 heterocycles. The van der Waals surface area contributed by atoms with E-state index in [1.807, 2.05) is 6.07 Å². The zero-order valence-corrected chi connectivity index (χ0v) is 10.6. The maximum atomic E-state index is 5.89. The molecule has 4 heteroatoms. The van der Waals surface area contributed by atoms with Gasteiger partial charge in [-0.25, -0.2) is 9.97 Å². The largest absolute Gasteiger partial charge is 0.384 e. The maximum absolute atomic E-state index is 5.89. The van der Waals surface area contributed by atoms with Crippen LogP contribution in [-0.2, 0) is 0 Å². The first-order valence-electron chi connectivity index (χ1n) is 6.54. The number of piperidine rings is 1. The van der Waals surface area contributed by atoms with E-state index in [1.165, 1.54) is 19.3 Å². The monoisotopic (exact) mass is 232 g/mol. The third-order valence-corrected chi connectivity index (χ3v) is 3.97. The maximum Gasteiger partial charge on any atom is 0.135 e. The molecule has 0 amide bonds. The fraction of sp³-hybridized carbons (Fsp3) is 0.692. The first-order chi connectivity index (χ1) is 8.13. The van der Waals surface area contributed by atoms with E-state index in [-0.39, 0.29) is 0 Å². The summed E-state index contributed by atoms with van der Waals surface area (Å²) in [4.78, 5) is 11.4. The van der Waals surface area contributed by atoms with Crippen molar-refractivity contribution in [1.82, 2.24) is 9.97 Å². The van der Waals surface area contributed by atoms with Crippen molar-refractivity contribution in [3.8, 4) is 0 Å². The van der Waals surface area contributed by atoms with Crippen LogP contribution in [0.2, 0.25) is 0 Å². The Bertz CT molecular complexity index is 429. The third-order valence-electron chi connectivity index (χ3n) is 3.97. The lowest BCUT2D eigenvalue weighted by molar-refractivity contribution is 0.549. The van der Waals surface area contributed by atoms with Crippen molar-refractivity contribution in [3.63, 3.8) is 0 Å². The van der Waals surface area contributed by atoms with E-state index in [1.54, 1.807) is 0 Å². The van der Waals surface area contributed by atoms with Crippen LogP contribution in [0.3, 0.4) is 0 Å². The number of fused-ring (bicyclic) bond motifs is 2. The molecule has 1 aromatic heterocycles. The van der Waals surface area contributed by atoms with E-state index in [0.717, 1.165) is 24.1 Å². The zero-order chi connectivity index (χ0) is 12.0. The predicted molar refractivity (Wildman–Crippen MR) is 69.0 cm³/mol. The molecule has 1 aliphatic heterocycles. The Hall–Kier alpha value is -1.32. The Morgan fingerprint density at radius 1 is 1.35 bits per heavy atom. The van der Waals surface area contributed by atoms with Gasteiger partial charge in [-0.1, -0.05) is 13.8 Å². The number of rotatable bonds is 2. The van der Waals surface area contributed by atoms with Crippen LogP contribution >= 0.6 is 0 Å². The van der Waals surface area contributed by atoms with Crippen LogP contribution in [0, 0.1) is 5.92 Å². The lowest BCUT2D eigenvalue weighted by Crippen LogP contribution is -2.33. The van der Waals surface area contributed by atoms with Gasteiger partial charge in [-0.05, 0) is 25.2 Å². The van der Waals surface area contributed by atoms with Crippen molar-refractivity contribution >= 4 is 11.6 Å². The number of nitrogens with two attached hydrogens (primary N) is 1. The second kappa shape index (κ2) is 3.86. The van der Waals surface area contributed by atoms with Gasteiger partial charge in [0.05, 0.1) is 0 Å². The van der Waals surface area contributed by atoms with Crippen molar-refractivity contribution in [3.05, 3.63) is 11.9 Å². The number of aromatic nitrogens is 2. The first kappa shape index (κ1) is 10.8. The minimum atomic E-state index is 0.331. The molecule has 1 aromatic rings. The van der Waals surface area contributed by atoms with Gasteiger partial charge < -0.3 is 10.6 Å².